The van der Waals surface area contributed by atoms with Crippen molar-refractivity contribution >= 4 is 28.9 Å². The van der Waals surface area contributed by atoms with Crippen LogP contribution in [0.2, 0.25) is 5.02 Å². The highest BCUT2D eigenvalue weighted by atomic mass is 35.5. The standard InChI is InChI=1S/C13H16ClN5/c1-19(2)13-11(15)12(17-8-18-13)16-7-9-3-5-10(14)6-4-9/h3-6,8H,7,15H2,1-2H3,(H,16,17,18). The Kier molecular flexibility index (Phi) is 4.06. The minimum Gasteiger partial charge on any atom is -0.393 e. The molecule has 2 aromatic rings. The zero-order valence-electron chi connectivity index (χ0n) is 10.9. The zero-order chi connectivity index (χ0) is 13.8. The van der Waals surface area contributed by atoms with Gasteiger partial charge in [-0.1, -0.05) is 23.7 Å². The van der Waals surface area contributed by atoms with Crippen molar-refractivity contribution in [3.63, 3.8) is 0 Å². The topological polar surface area (TPSA) is 67.1 Å². The van der Waals surface area contributed by atoms with Gasteiger partial charge in [0, 0.05) is 25.7 Å². The first kappa shape index (κ1) is 13.4. The quantitative estimate of drug-likeness (QED) is 0.898. The number of benzene rings is 1. The monoisotopic (exact) mass is 277 g/mol. The minimum atomic E-state index is 0.543. The minimum absolute atomic E-state index is 0.543. The summed E-state index contributed by atoms with van der Waals surface area (Å²) in [5.74, 6) is 1.34. The maximum Gasteiger partial charge on any atom is 0.156 e. The van der Waals surface area contributed by atoms with E-state index in [1.54, 1.807) is 0 Å². The molecule has 0 aliphatic rings. The van der Waals surface area contributed by atoms with Crippen LogP contribution in [0.1, 0.15) is 5.56 Å². The fraction of sp³-hybridized carbons (Fsp3) is 0.231. The van der Waals surface area contributed by atoms with Crippen LogP contribution in [0.5, 0.6) is 0 Å². The molecule has 5 nitrogen and oxygen atoms in total. The van der Waals surface area contributed by atoms with Crippen LogP contribution in [0.25, 0.3) is 0 Å². The van der Waals surface area contributed by atoms with Gasteiger partial charge in [0.05, 0.1) is 0 Å². The van der Waals surface area contributed by atoms with E-state index in [0.29, 0.717) is 23.9 Å². The first-order valence-electron chi connectivity index (χ1n) is 5.84. The van der Waals surface area contributed by atoms with Crippen LogP contribution >= 0.6 is 11.6 Å². The predicted molar refractivity (Wildman–Crippen MR) is 79.6 cm³/mol. The van der Waals surface area contributed by atoms with Gasteiger partial charge < -0.3 is 16.0 Å². The molecular weight excluding hydrogens is 262 g/mol. The molecule has 6 heteroatoms. The summed E-state index contributed by atoms with van der Waals surface area (Å²) < 4.78 is 0. The van der Waals surface area contributed by atoms with Gasteiger partial charge in [-0.2, -0.15) is 0 Å². The molecule has 1 heterocycles. The van der Waals surface area contributed by atoms with E-state index in [9.17, 15) is 0 Å². The van der Waals surface area contributed by atoms with Crippen molar-refractivity contribution in [3.8, 4) is 0 Å². The van der Waals surface area contributed by atoms with Gasteiger partial charge in [0.25, 0.3) is 0 Å². The largest absolute Gasteiger partial charge is 0.393 e. The highest BCUT2D eigenvalue weighted by Crippen LogP contribution is 2.24. The van der Waals surface area contributed by atoms with Gasteiger partial charge >= 0.3 is 0 Å². The molecule has 1 aromatic carbocycles. The van der Waals surface area contributed by atoms with E-state index < -0.39 is 0 Å². The summed E-state index contributed by atoms with van der Waals surface area (Å²) in [5, 5.41) is 3.92. The summed E-state index contributed by atoms with van der Waals surface area (Å²) in [6, 6.07) is 7.62. The van der Waals surface area contributed by atoms with Gasteiger partial charge in [-0.05, 0) is 17.7 Å². The van der Waals surface area contributed by atoms with Crippen molar-refractivity contribution < 1.29 is 0 Å². The number of halogens is 1. The fourth-order valence-electron chi connectivity index (χ4n) is 1.67. The second kappa shape index (κ2) is 5.75. The highest BCUT2D eigenvalue weighted by molar-refractivity contribution is 6.30. The molecule has 0 atom stereocenters. The summed E-state index contributed by atoms with van der Waals surface area (Å²) >= 11 is 5.84. The first-order chi connectivity index (χ1) is 9.08. The van der Waals surface area contributed by atoms with E-state index in [4.69, 9.17) is 17.3 Å². The predicted octanol–water partition coefficient (Wildman–Crippen LogP) is 2.39. The number of aromatic nitrogens is 2. The molecule has 0 spiro atoms. The lowest BCUT2D eigenvalue weighted by Gasteiger charge is -2.16. The molecule has 2 rings (SSSR count). The SMILES string of the molecule is CN(C)c1ncnc(NCc2ccc(Cl)cc2)c1N. The van der Waals surface area contributed by atoms with Gasteiger partial charge in [-0.25, -0.2) is 9.97 Å². The van der Waals surface area contributed by atoms with Crippen molar-refractivity contribution in [3.05, 3.63) is 41.2 Å². The highest BCUT2D eigenvalue weighted by Gasteiger charge is 2.09. The summed E-state index contributed by atoms with van der Waals surface area (Å²) in [5.41, 5.74) is 7.67. The lowest BCUT2D eigenvalue weighted by atomic mass is 10.2. The average molecular weight is 278 g/mol. The Balaban J connectivity index is 2.11. The normalized spacial score (nSPS) is 10.3. The number of hydrogen-bond donors (Lipinski definition) is 2. The van der Waals surface area contributed by atoms with Gasteiger partial charge in [-0.15, -0.1) is 0 Å². The third kappa shape index (κ3) is 3.26. The molecule has 1 aromatic heterocycles. The fourth-order valence-corrected chi connectivity index (χ4v) is 1.80. The Morgan fingerprint density at radius 3 is 2.53 bits per heavy atom. The zero-order valence-corrected chi connectivity index (χ0v) is 11.6. The molecule has 0 aliphatic heterocycles. The molecular formula is C13H16ClN5. The number of nitrogens with zero attached hydrogens (tertiary/aromatic N) is 3. The molecule has 0 fully saturated rings. The van der Waals surface area contributed by atoms with Crippen LogP contribution in [0.15, 0.2) is 30.6 Å². The van der Waals surface area contributed by atoms with Crippen LogP contribution < -0.4 is 16.0 Å². The molecule has 3 N–H and O–H groups in total. The van der Waals surface area contributed by atoms with E-state index in [-0.39, 0.29) is 0 Å². The second-order valence-corrected chi connectivity index (χ2v) is 4.77. The molecule has 0 saturated heterocycles. The van der Waals surface area contributed by atoms with Crippen LogP contribution in [0, 0.1) is 0 Å². The molecule has 0 bridgehead atoms. The van der Waals surface area contributed by atoms with Gasteiger partial charge in [0.2, 0.25) is 0 Å². The average Bonchev–Trinajstić information content (AvgIpc) is 2.39. The number of nitrogens with one attached hydrogen (secondary N) is 1. The Labute approximate surface area is 117 Å². The number of hydrogen-bond acceptors (Lipinski definition) is 5. The van der Waals surface area contributed by atoms with E-state index in [0.717, 1.165) is 10.6 Å². The van der Waals surface area contributed by atoms with Gasteiger partial charge in [-0.3, -0.25) is 0 Å². The van der Waals surface area contributed by atoms with Crippen molar-refractivity contribution in [1.82, 2.24) is 9.97 Å². The third-order valence-electron chi connectivity index (χ3n) is 2.66. The Morgan fingerprint density at radius 2 is 1.89 bits per heavy atom. The van der Waals surface area contributed by atoms with Crippen LogP contribution in [-0.2, 0) is 6.54 Å². The molecule has 0 amide bonds. The third-order valence-corrected chi connectivity index (χ3v) is 2.91. The summed E-state index contributed by atoms with van der Waals surface area (Å²) in [6.07, 6.45) is 1.50. The Bertz CT molecular complexity index is 553. The van der Waals surface area contributed by atoms with Crippen LogP contribution in [0.4, 0.5) is 17.3 Å². The maximum atomic E-state index is 6.02. The molecule has 0 saturated carbocycles. The summed E-state index contributed by atoms with van der Waals surface area (Å²) in [6.45, 7) is 0.630. The summed E-state index contributed by atoms with van der Waals surface area (Å²) in [4.78, 5) is 10.1. The Morgan fingerprint density at radius 1 is 1.21 bits per heavy atom. The lowest BCUT2D eigenvalue weighted by Crippen LogP contribution is -2.15. The summed E-state index contributed by atoms with van der Waals surface area (Å²) in [7, 11) is 3.78. The number of rotatable bonds is 4. The Hall–Kier alpha value is -2.01. The molecule has 19 heavy (non-hydrogen) atoms. The van der Waals surface area contributed by atoms with E-state index in [1.807, 2.05) is 43.3 Å². The first-order valence-corrected chi connectivity index (χ1v) is 6.22. The smallest absolute Gasteiger partial charge is 0.156 e. The van der Waals surface area contributed by atoms with E-state index in [1.165, 1.54) is 6.33 Å². The number of nitrogen functional groups attached to an aromatic ring is 1. The molecule has 0 aliphatic carbocycles. The lowest BCUT2D eigenvalue weighted by molar-refractivity contribution is 1.03. The maximum absolute atomic E-state index is 6.02. The van der Waals surface area contributed by atoms with E-state index >= 15 is 0 Å². The van der Waals surface area contributed by atoms with Crippen molar-refractivity contribution in [2.24, 2.45) is 0 Å². The number of anilines is 3. The van der Waals surface area contributed by atoms with Gasteiger partial charge in [0.15, 0.2) is 11.6 Å². The van der Waals surface area contributed by atoms with Crippen molar-refractivity contribution in [2.75, 3.05) is 30.0 Å². The van der Waals surface area contributed by atoms with Crippen LogP contribution in [0.3, 0.4) is 0 Å². The number of nitrogens with two attached hydrogens (primary N) is 1. The van der Waals surface area contributed by atoms with Crippen molar-refractivity contribution in [1.29, 1.82) is 0 Å². The van der Waals surface area contributed by atoms with Crippen molar-refractivity contribution in [2.45, 2.75) is 6.54 Å². The van der Waals surface area contributed by atoms with Crippen LogP contribution in [-0.4, -0.2) is 24.1 Å². The molecule has 100 valence electrons. The van der Waals surface area contributed by atoms with E-state index in [2.05, 4.69) is 15.3 Å². The van der Waals surface area contributed by atoms with Gasteiger partial charge in [0.1, 0.15) is 12.0 Å². The molecule has 0 unspecified atom stereocenters. The second-order valence-electron chi connectivity index (χ2n) is 4.33. The molecule has 0 radical (unpaired) electrons.